The van der Waals surface area contributed by atoms with E-state index in [0.29, 0.717) is 19.7 Å². The number of piperidine rings is 1. The summed E-state index contributed by atoms with van der Waals surface area (Å²) in [5.41, 5.74) is -0.758. The molecular formula is C18H30N2O5. The lowest BCUT2D eigenvalue weighted by atomic mass is 9.87. The molecule has 0 aromatic carbocycles. The Labute approximate surface area is 149 Å². The van der Waals surface area contributed by atoms with Crippen LogP contribution in [0, 0.1) is 0 Å². The lowest BCUT2D eigenvalue weighted by molar-refractivity contribution is -0.0488. The number of nitrogens with zero attached hydrogens (tertiary/aromatic N) is 2. The Kier molecular flexibility index (Phi) is 5.98. The van der Waals surface area contributed by atoms with E-state index in [2.05, 4.69) is 6.58 Å². The van der Waals surface area contributed by atoms with Crippen molar-refractivity contribution in [3.63, 3.8) is 0 Å². The van der Waals surface area contributed by atoms with Gasteiger partial charge in [0.2, 0.25) is 0 Å². The SMILES string of the molecule is C=CCOC(=O)N(C)[C@H]1COC2(CCN(C(=O)OC(C)(C)C)CC2)C1. The van der Waals surface area contributed by atoms with Gasteiger partial charge in [-0.3, -0.25) is 0 Å². The zero-order valence-corrected chi connectivity index (χ0v) is 15.7. The molecule has 0 unspecified atom stereocenters. The van der Waals surface area contributed by atoms with Crippen LogP contribution in [0.1, 0.15) is 40.0 Å². The smallest absolute Gasteiger partial charge is 0.410 e. The van der Waals surface area contributed by atoms with Gasteiger partial charge in [-0.25, -0.2) is 9.59 Å². The summed E-state index contributed by atoms with van der Waals surface area (Å²) in [5.74, 6) is 0. The topological polar surface area (TPSA) is 68.3 Å². The maximum atomic E-state index is 12.2. The number of likely N-dealkylation sites (N-methyl/N-ethyl adjacent to an activating group) is 1. The number of hydrogen-bond donors (Lipinski definition) is 0. The predicted octanol–water partition coefficient (Wildman–Crippen LogP) is 2.80. The first kappa shape index (κ1) is 19.6. The fourth-order valence-electron chi connectivity index (χ4n) is 3.22. The van der Waals surface area contributed by atoms with E-state index in [1.165, 1.54) is 0 Å². The number of carbonyl (C=O) groups is 2. The van der Waals surface area contributed by atoms with Gasteiger partial charge in [-0.15, -0.1) is 0 Å². The fraction of sp³-hybridized carbons (Fsp3) is 0.778. The molecule has 0 aromatic rings. The summed E-state index contributed by atoms with van der Waals surface area (Å²) in [6, 6.07) is -0.00890. The molecule has 0 aliphatic carbocycles. The standard InChI is InChI=1S/C18H30N2O5/c1-6-11-23-15(21)19(5)14-12-18(24-13-14)7-9-20(10-8-18)16(22)25-17(2,3)4/h6,14H,1,7-13H2,2-5H3/t14-/m1/s1. The van der Waals surface area contributed by atoms with Crippen molar-refractivity contribution in [2.45, 2.75) is 57.3 Å². The van der Waals surface area contributed by atoms with Crippen molar-refractivity contribution in [3.8, 4) is 0 Å². The first-order chi connectivity index (χ1) is 11.7. The molecule has 2 heterocycles. The average Bonchev–Trinajstić information content (AvgIpc) is 2.94. The van der Waals surface area contributed by atoms with Crippen LogP contribution >= 0.6 is 0 Å². The zero-order valence-electron chi connectivity index (χ0n) is 15.7. The normalized spacial score (nSPS) is 22.6. The highest BCUT2D eigenvalue weighted by Gasteiger charge is 2.45. The van der Waals surface area contributed by atoms with Gasteiger partial charge in [-0.2, -0.15) is 0 Å². The maximum absolute atomic E-state index is 12.2. The lowest BCUT2D eigenvalue weighted by Crippen LogP contribution is -2.48. The minimum atomic E-state index is -0.490. The van der Waals surface area contributed by atoms with E-state index in [1.807, 2.05) is 20.8 Å². The molecular weight excluding hydrogens is 324 g/mol. The monoisotopic (exact) mass is 354 g/mol. The van der Waals surface area contributed by atoms with E-state index in [1.54, 1.807) is 22.9 Å². The second-order valence-corrected chi connectivity index (χ2v) is 7.80. The van der Waals surface area contributed by atoms with E-state index in [-0.39, 0.29) is 30.4 Å². The fourth-order valence-corrected chi connectivity index (χ4v) is 3.22. The van der Waals surface area contributed by atoms with Crippen LogP contribution in [0.4, 0.5) is 9.59 Å². The second kappa shape index (κ2) is 7.64. The van der Waals surface area contributed by atoms with Crippen LogP contribution in [0.5, 0.6) is 0 Å². The van der Waals surface area contributed by atoms with Crippen LogP contribution in [0.3, 0.4) is 0 Å². The van der Waals surface area contributed by atoms with Crippen molar-refractivity contribution in [1.29, 1.82) is 0 Å². The molecule has 2 aliphatic heterocycles. The summed E-state index contributed by atoms with van der Waals surface area (Å²) in [6.45, 7) is 11.0. The van der Waals surface area contributed by atoms with E-state index < -0.39 is 5.60 Å². The second-order valence-electron chi connectivity index (χ2n) is 7.80. The molecule has 1 spiro atoms. The van der Waals surface area contributed by atoms with Crippen molar-refractivity contribution >= 4 is 12.2 Å². The molecule has 2 amide bonds. The molecule has 0 aromatic heterocycles. The molecule has 142 valence electrons. The van der Waals surface area contributed by atoms with Gasteiger partial charge >= 0.3 is 12.2 Å². The third-order valence-corrected chi connectivity index (χ3v) is 4.68. The molecule has 0 radical (unpaired) electrons. The van der Waals surface area contributed by atoms with Crippen molar-refractivity contribution in [2.75, 3.05) is 33.4 Å². The quantitative estimate of drug-likeness (QED) is 0.729. The van der Waals surface area contributed by atoms with Crippen molar-refractivity contribution < 1.29 is 23.8 Å². The molecule has 25 heavy (non-hydrogen) atoms. The van der Waals surface area contributed by atoms with Crippen LogP contribution in [-0.2, 0) is 14.2 Å². The van der Waals surface area contributed by atoms with E-state index in [0.717, 1.165) is 19.3 Å². The molecule has 2 rings (SSSR count). The Morgan fingerprint density at radius 3 is 2.56 bits per heavy atom. The minimum absolute atomic E-state index is 0.00890. The zero-order chi connectivity index (χ0) is 18.7. The molecule has 1 atom stereocenters. The summed E-state index contributed by atoms with van der Waals surface area (Å²) in [6.07, 6.45) is 3.16. The van der Waals surface area contributed by atoms with Crippen LogP contribution in [0.25, 0.3) is 0 Å². The first-order valence-corrected chi connectivity index (χ1v) is 8.78. The summed E-state index contributed by atoms with van der Waals surface area (Å²) < 4.78 is 16.6. The highest BCUT2D eigenvalue weighted by Crippen LogP contribution is 2.37. The largest absolute Gasteiger partial charge is 0.445 e. The van der Waals surface area contributed by atoms with E-state index >= 15 is 0 Å². The summed E-state index contributed by atoms with van der Waals surface area (Å²) in [5, 5.41) is 0. The number of likely N-dealkylation sites (tertiary alicyclic amines) is 1. The van der Waals surface area contributed by atoms with E-state index in [9.17, 15) is 9.59 Å². The van der Waals surface area contributed by atoms with Gasteiger partial charge in [0.15, 0.2) is 0 Å². The molecule has 7 heteroatoms. The Balaban J connectivity index is 1.85. The molecule has 2 aliphatic rings. The molecule has 0 N–H and O–H groups in total. The number of ether oxygens (including phenoxy) is 3. The van der Waals surface area contributed by atoms with Gasteiger partial charge in [0, 0.05) is 20.1 Å². The Morgan fingerprint density at radius 1 is 1.36 bits per heavy atom. The van der Waals surface area contributed by atoms with Gasteiger partial charge in [0.25, 0.3) is 0 Å². The first-order valence-electron chi connectivity index (χ1n) is 8.78. The molecule has 7 nitrogen and oxygen atoms in total. The molecule has 0 bridgehead atoms. The Morgan fingerprint density at radius 2 is 2.00 bits per heavy atom. The Hall–Kier alpha value is -1.76. The van der Waals surface area contributed by atoms with Crippen LogP contribution in [0.2, 0.25) is 0 Å². The summed E-state index contributed by atoms with van der Waals surface area (Å²) >= 11 is 0. The van der Waals surface area contributed by atoms with Crippen LogP contribution in [0.15, 0.2) is 12.7 Å². The van der Waals surface area contributed by atoms with Gasteiger partial charge in [-0.1, -0.05) is 12.7 Å². The summed E-state index contributed by atoms with van der Waals surface area (Å²) in [4.78, 5) is 27.5. The molecule has 2 fully saturated rings. The van der Waals surface area contributed by atoms with Crippen molar-refractivity contribution in [1.82, 2.24) is 9.80 Å². The van der Waals surface area contributed by atoms with Crippen molar-refractivity contribution in [2.24, 2.45) is 0 Å². The van der Waals surface area contributed by atoms with Crippen LogP contribution in [-0.4, -0.2) is 72.6 Å². The summed E-state index contributed by atoms with van der Waals surface area (Å²) in [7, 11) is 1.73. The van der Waals surface area contributed by atoms with Gasteiger partial charge in [0.05, 0.1) is 18.2 Å². The lowest BCUT2D eigenvalue weighted by Gasteiger charge is -2.39. The average molecular weight is 354 g/mol. The Bertz CT molecular complexity index is 506. The van der Waals surface area contributed by atoms with Crippen molar-refractivity contribution in [3.05, 3.63) is 12.7 Å². The molecule has 0 saturated carbocycles. The predicted molar refractivity (Wildman–Crippen MR) is 93.4 cm³/mol. The molecule has 2 saturated heterocycles. The van der Waals surface area contributed by atoms with Gasteiger partial charge < -0.3 is 24.0 Å². The van der Waals surface area contributed by atoms with E-state index in [4.69, 9.17) is 14.2 Å². The third-order valence-electron chi connectivity index (χ3n) is 4.68. The highest BCUT2D eigenvalue weighted by atomic mass is 16.6. The number of rotatable bonds is 3. The number of carbonyl (C=O) groups excluding carboxylic acids is 2. The minimum Gasteiger partial charge on any atom is -0.445 e. The van der Waals surface area contributed by atoms with Gasteiger partial charge in [0.1, 0.15) is 12.2 Å². The highest BCUT2D eigenvalue weighted by molar-refractivity contribution is 5.68. The number of amides is 2. The number of hydrogen-bond acceptors (Lipinski definition) is 5. The maximum Gasteiger partial charge on any atom is 0.410 e. The van der Waals surface area contributed by atoms with Gasteiger partial charge in [-0.05, 0) is 40.0 Å². The van der Waals surface area contributed by atoms with Crippen LogP contribution < -0.4 is 0 Å². The third kappa shape index (κ3) is 5.11.